The molecular weight excluding hydrogens is 418 g/mol. The lowest BCUT2D eigenvalue weighted by Gasteiger charge is -2.38. The number of ether oxygens (including phenoxy) is 1. The van der Waals surface area contributed by atoms with Crippen LogP contribution in [-0.4, -0.2) is 15.6 Å². The molecule has 2 N–H and O–H groups in total. The van der Waals surface area contributed by atoms with Crippen molar-refractivity contribution in [3.05, 3.63) is 62.6 Å². The van der Waals surface area contributed by atoms with Crippen LogP contribution in [0.1, 0.15) is 31.9 Å². The number of nitrogens with one attached hydrogen (secondary N) is 2. The predicted octanol–water partition coefficient (Wildman–Crippen LogP) is 4.95. The van der Waals surface area contributed by atoms with E-state index in [0.717, 1.165) is 22.2 Å². The Morgan fingerprint density at radius 3 is 2.85 bits per heavy atom. The molecule has 1 heterocycles. The molecular formula is C18H18BrN3O3S. The molecule has 0 aromatic heterocycles. The van der Waals surface area contributed by atoms with Crippen LogP contribution in [-0.2, 0) is 0 Å². The van der Waals surface area contributed by atoms with Crippen molar-refractivity contribution in [2.24, 2.45) is 0 Å². The number of fused-ring (bicyclic) bond motifs is 1. The van der Waals surface area contributed by atoms with E-state index in [-0.39, 0.29) is 17.3 Å². The van der Waals surface area contributed by atoms with Gasteiger partial charge in [0.05, 0.1) is 11.0 Å². The Bertz CT molecular complexity index is 873. The zero-order chi connectivity index (χ0) is 18.9. The van der Waals surface area contributed by atoms with Gasteiger partial charge in [-0.1, -0.05) is 22.0 Å². The minimum absolute atomic E-state index is 0.0132. The normalized spacial score (nSPS) is 17.6. The molecule has 1 atom stereocenters. The van der Waals surface area contributed by atoms with Crippen molar-refractivity contribution in [1.29, 1.82) is 0 Å². The number of nitrogens with zero attached hydrogens (tertiary/aromatic N) is 1. The second-order valence-electron chi connectivity index (χ2n) is 6.71. The van der Waals surface area contributed by atoms with Gasteiger partial charge in [0.15, 0.2) is 5.11 Å². The molecule has 0 saturated carbocycles. The molecule has 0 unspecified atom stereocenters. The van der Waals surface area contributed by atoms with E-state index in [4.69, 9.17) is 17.0 Å². The topological polar surface area (TPSA) is 76.4 Å². The van der Waals surface area contributed by atoms with E-state index in [1.807, 2.05) is 32.0 Å². The standard InChI is InChI=1S/C18H18BrN3O3S/c1-18(2)10-15(14-8-11(19)6-7-16(14)25-18)21-17(26)20-12-4-3-5-13(9-12)22(23)24/h3-9,15H,10H2,1-2H3,(H2,20,21,26)/t15-/m1/s1. The highest BCUT2D eigenvalue weighted by molar-refractivity contribution is 9.10. The van der Waals surface area contributed by atoms with E-state index in [0.29, 0.717) is 10.8 Å². The number of anilines is 1. The van der Waals surface area contributed by atoms with Crippen molar-refractivity contribution < 1.29 is 9.66 Å². The molecule has 0 fully saturated rings. The Morgan fingerprint density at radius 2 is 2.12 bits per heavy atom. The number of hydrogen-bond acceptors (Lipinski definition) is 4. The maximum atomic E-state index is 10.9. The van der Waals surface area contributed by atoms with E-state index in [9.17, 15) is 10.1 Å². The van der Waals surface area contributed by atoms with E-state index >= 15 is 0 Å². The highest BCUT2D eigenvalue weighted by Gasteiger charge is 2.34. The Labute approximate surface area is 165 Å². The highest BCUT2D eigenvalue weighted by Crippen LogP contribution is 2.40. The van der Waals surface area contributed by atoms with E-state index in [1.54, 1.807) is 12.1 Å². The lowest BCUT2D eigenvalue weighted by molar-refractivity contribution is -0.384. The molecule has 136 valence electrons. The largest absolute Gasteiger partial charge is 0.487 e. The number of rotatable bonds is 3. The van der Waals surface area contributed by atoms with Crippen molar-refractivity contribution >= 4 is 44.6 Å². The van der Waals surface area contributed by atoms with Crippen molar-refractivity contribution in [3.63, 3.8) is 0 Å². The van der Waals surface area contributed by atoms with E-state index < -0.39 is 4.92 Å². The molecule has 0 amide bonds. The summed E-state index contributed by atoms with van der Waals surface area (Å²) in [6, 6.07) is 12.1. The number of nitro groups is 1. The molecule has 26 heavy (non-hydrogen) atoms. The van der Waals surface area contributed by atoms with Gasteiger partial charge in [-0.3, -0.25) is 10.1 Å². The van der Waals surface area contributed by atoms with Gasteiger partial charge in [-0.2, -0.15) is 0 Å². The van der Waals surface area contributed by atoms with Crippen molar-refractivity contribution in [3.8, 4) is 5.75 Å². The number of hydrogen-bond donors (Lipinski definition) is 2. The zero-order valence-corrected chi connectivity index (χ0v) is 16.7. The summed E-state index contributed by atoms with van der Waals surface area (Å²) in [5.41, 5.74) is 1.26. The minimum Gasteiger partial charge on any atom is -0.487 e. The summed E-state index contributed by atoms with van der Waals surface area (Å²) in [6.45, 7) is 4.06. The molecule has 6 nitrogen and oxygen atoms in total. The third kappa shape index (κ3) is 4.31. The smallest absolute Gasteiger partial charge is 0.271 e. The lowest BCUT2D eigenvalue weighted by atomic mass is 9.90. The number of thiocarbonyl (C=S) groups is 1. The molecule has 0 saturated heterocycles. The molecule has 2 aromatic carbocycles. The number of nitro benzene ring substituents is 1. The molecule has 1 aliphatic rings. The lowest BCUT2D eigenvalue weighted by Crippen LogP contribution is -2.42. The summed E-state index contributed by atoms with van der Waals surface area (Å²) in [7, 11) is 0. The van der Waals surface area contributed by atoms with Gasteiger partial charge < -0.3 is 15.4 Å². The summed E-state index contributed by atoms with van der Waals surface area (Å²) in [4.78, 5) is 10.5. The van der Waals surface area contributed by atoms with Gasteiger partial charge in [0, 0.05) is 34.3 Å². The van der Waals surface area contributed by atoms with Gasteiger partial charge in [0.2, 0.25) is 0 Å². The Morgan fingerprint density at radius 1 is 1.35 bits per heavy atom. The first kappa shape index (κ1) is 18.6. The van der Waals surface area contributed by atoms with Gasteiger partial charge in [0.25, 0.3) is 5.69 Å². The summed E-state index contributed by atoms with van der Waals surface area (Å²) in [5, 5.41) is 17.6. The van der Waals surface area contributed by atoms with Gasteiger partial charge in [0.1, 0.15) is 11.4 Å². The van der Waals surface area contributed by atoms with Crippen LogP contribution in [0.25, 0.3) is 0 Å². The predicted molar refractivity (Wildman–Crippen MR) is 109 cm³/mol. The maximum Gasteiger partial charge on any atom is 0.271 e. The molecule has 2 aromatic rings. The number of halogens is 1. The Balaban J connectivity index is 1.78. The molecule has 0 bridgehead atoms. The molecule has 3 rings (SSSR count). The molecule has 1 aliphatic heterocycles. The van der Waals surface area contributed by atoms with Crippen LogP contribution >= 0.6 is 28.1 Å². The quantitative estimate of drug-likeness (QED) is 0.403. The summed E-state index contributed by atoms with van der Waals surface area (Å²) < 4.78 is 7.01. The van der Waals surface area contributed by atoms with Crippen LogP contribution in [0, 0.1) is 10.1 Å². The van der Waals surface area contributed by atoms with Crippen LogP contribution in [0.4, 0.5) is 11.4 Å². The Kier molecular flexibility index (Phi) is 5.15. The number of benzene rings is 2. The van der Waals surface area contributed by atoms with Crippen LogP contribution < -0.4 is 15.4 Å². The summed E-state index contributed by atoms with van der Waals surface area (Å²) in [5.74, 6) is 0.820. The molecule has 8 heteroatoms. The van der Waals surface area contributed by atoms with Gasteiger partial charge in [-0.05, 0) is 50.3 Å². The first-order chi connectivity index (χ1) is 12.2. The minimum atomic E-state index is -0.434. The van der Waals surface area contributed by atoms with Crippen LogP contribution in [0.5, 0.6) is 5.75 Å². The van der Waals surface area contributed by atoms with Crippen molar-refractivity contribution in [2.75, 3.05) is 5.32 Å². The Hall–Kier alpha value is -2.19. The fraction of sp³-hybridized carbons (Fsp3) is 0.278. The molecule has 0 spiro atoms. The fourth-order valence-corrected chi connectivity index (χ4v) is 3.62. The maximum absolute atomic E-state index is 10.9. The molecule has 0 aliphatic carbocycles. The molecule has 0 radical (unpaired) electrons. The fourth-order valence-electron chi connectivity index (χ4n) is 2.98. The van der Waals surface area contributed by atoms with Crippen LogP contribution in [0.3, 0.4) is 0 Å². The van der Waals surface area contributed by atoms with Crippen molar-refractivity contribution in [1.82, 2.24) is 5.32 Å². The van der Waals surface area contributed by atoms with Crippen LogP contribution in [0.15, 0.2) is 46.9 Å². The zero-order valence-electron chi connectivity index (χ0n) is 14.3. The van der Waals surface area contributed by atoms with Crippen LogP contribution in [0.2, 0.25) is 0 Å². The average molecular weight is 436 g/mol. The summed E-state index contributed by atoms with van der Waals surface area (Å²) >= 11 is 8.91. The summed E-state index contributed by atoms with van der Waals surface area (Å²) in [6.07, 6.45) is 0.729. The second-order valence-corrected chi connectivity index (χ2v) is 8.03. The third-order valence-corrected chi connectivity index (χ3v) is 4.76. The van der Waals surface area contributed by atoms with Gasteiger partial charge in [-0.15, -0.1) is 0 Å². The number of non-ortho nitro benzene ring substituents is 1. The highest BCUT2D eigenvalue weighted by atomic mass is 79.9. The van der Waals surface area contributed by atoms with E-state index in [2.05, 4.69) is 26.6 Å². The third-order valence-electron chi connectivity index (χ3n) is 4.05. The second kappa shape index (κ2) is 7.20. The first-order valence-electron chi connectivity index (χ1n) is 8.04. The van der Waals surface area contributed by atoms with Crippen molar-refractivity contribution in [2.45, 2.75) is 31.9 Å². The average Bonchev–Trinajstić information content (AvgIpc) is 2.55. The SMILES string of the molecule is CC1(C)C[C@@H](NC(=S)Nc2cccc([N+](=O)[O-])c2)c2cc(Br)ccc2O1. The van der Waals surface area contributed by atoms with Gasteiger partial charge >= 0.3 is 0 Å². The first-order valence-corrected chi connectivity index (χ1v) is 9.24. The van der Waals surface area contributed by atoms with Gasteiger partial charge in [-0.25, -0.2) is 0 Å². The van der Waals surface area contributed by atoms with E-state index in [1.165, 1.54) is 12.1 Å². The monoisotopic (exact) mass is 435 g/mol.